The van der Waals surface area contributed by atoms with Gasteiger partial charge in [0.15, 0.2) is 0 Å². The number of aldehydes is 1. The van der Waals surface area contributed by atoms with Crippen LogP contribution in [0.15, 0.2) is 42.5 Å². The fourth-order valence-corrected chi connectivity index (χ4v) is 5.25. The molecule has 7 heteroatoms. The molecule has 0 bridgehead atoms. The summed E-state index contributed by atoms with van der Waals surface area (Å²) in [5.74, 6) is -0.380. The van der Waals surface area contributed by atoms with Gasteiger partial charge < -0.3 is 20.9 Å². The van der Waals surface area contributed by atoms with E-state index in [9.17, 15) is 9.59 Å². The van der Waals surface area contributed by atoms with E-state index in [1.165, 1.54) is 11.4 Å². The van der Waals surface area contributed by atoms with Crippen molar-refractivity contribution in [1.82, 2.24) is 10.2 Å². The van der Waals surface area contributed by atoms with Gasteiger partial charge in [0.2, 0.25) is 5.91 Å². The van der Waals surface area contributed by atoms with E-state index in [0.29, 0.717) is 17.5 Å². The molecule has 0 aliphatic carbocycles. The van der Waals surface area contributed by atoms with Crippen LogP contribution in [0.4, 0.5) is 11.4 Å². The first-order chi connectivity index (χ1) is 16.4. The summed E-state index contributed by atoms with van der Waals surface area (Å²) in [6.07, 6.45) is 3.26. The van der Waals surface area contributed by atoms with Gasteiger partial charge >= 0.3 is 0 Å². The SMILES string of the molecule is CNCc1cc(N2CCN(CC3(C)CCN(c4ccc(C(N)=O)cc4)CC3)CC2)ccc1C=O. The van der Waals surface area contributed by atoms with Crippen LogP contribution in [0.2, 0.25) is 0 Å². The number of primary amides is 1. The average molecular weight is 464 g/mol. The summed E-state index contributed by atoms with van der Waals surface area (Å²) >= 11 is 0. The molecule has 34 heavy (non-hydrogen) atoms. The Labute approximate surface area is 202 Å². The van der Waals surface area contributed by atoms with Gasteiger partial charge in [0.1, 0.15) is 6.29 Å². The highest BCUT2D eigenvalue weighted by Crippen LogP contribution is 2.34. The second kappa shape index (κ2) is 10.6. The zero-order valence-electron chi connectivity index (χ0n) is 20.4. The Bertz CT molecular complexity index is 991. The first-order valence-electron chi connectivity index (χ1n) is 12.3. The van der Waals surface area contributed by atoms with Crippen molar-refractivity contribution in [3.05, 3.63) is 59.2 Å². The standard InChI is InChI=1S/C27H37N5O2/c1-27(9-11-31(12-10-27)24-6-3-21(4-7-24)26(28)34)20-30-13-15-32(16-14-30)25-8-5-22(19-33)23(17-25)18-29-2/h3-8,17,19,29H,9-16,18,20H2,1-2H3,(H2,28,34). The van der Waals surface area contributed by atoms with Crippen LogP contribution in [0, 0.1) is 5.41 Å². The molecule has 1 amide bonds. The number of hydrogen-bond acceptors (Lipinski definition) is 6. The van der Waals surface area contributed by atoms with Crippen molar-refractivity contribution in [2.45, 2.75) is 26.3 Å². The van der Waals surface area contributed by atoms with Crippen LogP contribution in [0.1, 0.15) is 46.0 Å². The fraction of sp³-hybridized carbons (Fsp3) is 0.481. The van der Waals surface area contributed by atoms with E-state index in [1.54, 1.807) is 0 Å². The zero-order valence-corrected chi connectivity index (χ0v) is 20.4. The zero-order chi connectivity index (χ0) is 24.1. The van der Waals surface area contributed by atoms with Crippen molar-refractivity contribution < 1.29 is 9.59 Å². The van der Waals surface area contributed by atoms with E-state index in [2.05, 4.69) is 39.1 Å². The Morgan fingerprint density at radius 2 is 1.59 bits per heavy atom. The number of nitrogens with zero attached hydrogens (tertiary/aromatic N) is 3. The lowest BCUT2D eigenvalue weighted by atomic mass is 9.79. The maximum absolute atomic E-state index is 11.3. The van der Waals surface area contributed by atoms with Crippen molar-refractivity contribution in [3.8, 4) is 0 Å². The van der Waals surface area contributed by atoms with Crippen LogP contribution >= 0.6 is 0 Å². The Hall–Kier alpha value is -2.90. The van der Waals surface area contributed by atoms with Gasteiger partial charge in [-0.2, -0.15) is 0 Å². The maximum Gasteiger partial charge on any atom is 0.248 e. The number of amides is 1. The fourth-order valence-electron chi connectivity index (χ4n) is 5.25. The molecule has 2 aromatic rings. The van der Waals surface area contributed by atoms with Gasteiger partial charge in [-0.3, -0.25) is 14.5 Å². The molecule has 7 nitrogen and oxygen atoms in total. The molecule has 2 aliphatic heterocycles. The highest BCUT2D eigenvalue weighted by atomic mass is 16.1. The van der Waals surface area contributed by atoms with Crippen molar-refractivity contribution in [2.75, 3.05) is 62.7 Å². The molecule has 0 unspecified atom stereocenters. The third kappa shape index (κ3) is 5.59. The summed E-state index contributed by atoms with van der Waals surface area (Å²) in [5.41, 5.74) is 10.4. The van der Waals surface area contributed by atoms with E-state index in [0.717, 1.165) is 76.1 Å². The maximum atomic E-state index is 11.3. The van der Waals surface area contributed by atoms with Crippen LogP contribution in [0.25, 0.3) is 0 Å². The number of piperazine rings is 1. The molecule has 0 atom stereocenters. The smallest absolute Gasteiger partial charge is 0.248 e. The minimum Gasteiger partial charge on any atom is -0.371 e. The summed E-state index contributed by atoms with van der Waals surface area (Å²) in [7, 11) is 1.91. The van der Waals surface area contributed by atoms with Gasteiger partial charge in [0.05, 0.1) is 0 Å². The van der Waals surface area contributed by atoms with Gasteiger partial charge in [-0.1, -0.05) is 6.92 Å². The highest BCUT2D eigenvalue weighted by molar-refractivity contribution is 5.93. The molecule has 0 saturated carbocycles. The Morgan fingerprint density at radius 3 is 2.18 bits per heavy atom. The topological polar surface area (TPSA) is 81.9 Å². The van der Waals surface area contributed by atoms with Gasteiger partial charge in [0, 0.05) is 74.9 Å². The van der Waals surface area contributed by atoms with Crippen LogP contribution in [-0.2, 0) is 6.54 Å². The summed E-state index contributed by atoms with van der Waals surface area (Å²) in [5, 5.41) is 3.16. The largest absolute Gasteiger partial charge is 0.371 e. The number of carbonyl (C=O) groups is 2. The molecule has 3 N–H and O–H groups in total. The summed E-state index contributed by atoms with van der Waals surface area (Å²) in [6.45, 7) is 10.5. The number of carbonyl (C=O) groups excluding carboxylic acids is 2. The van der Waals surface area contributed by atoms with E-state index in [-0.39, 0.29) is 5.91 Å². The van der Waals surface area contributed by atoms with Crippen molar-refractivity contribution in [2.24, 2.45) is 11.1 Å². The van der Waals surface area contributed by atoms with Crippen molar-refractivity contribution >= 4 is 23.6 Å². The number of hydrogen-bond donors (Lipinski definition) is 2. The number of nitrogens with two attached hydrogens (primary N) is 1. The summed E-state index contributed by atoms with van der Waals surface area (Å²) in [6, 6.07) is 13.8. The number of piperidine rings is 1. The molecule has 2 aliphatic rings. The predicted molar refractivity (Wildman–Crippen MR) is 138 cm³/mol. The molecule has 2 heterocycles. The molecular weight excluding hydrogens is 426 g/mol. The van der Waals surface area contributed by atoms with Crippen molar-refractivity contribution in [1.29, 1.82) is 0 Å². The van der Waals surface area contributed by atoms with Gasteiger partial charge in [0.25, 0.3) is 0 Å². The first kappa shape index (κ1) is 24.2. The number of nitrogens with one attached hydrogen (secondary N) is 1. The van der Waals surface area contributed by atoms with Crippen LogP contribution in [-0.4, -0.2) is 70.0 Å². The van der Waals surface area contributed by atoms with Gasteiger partial charge in [-0.15, -0.1) is 0 Å². The molecule has 182 valence electrons. The van der Waals surface area contributed by atoms with E-state index >= 15 is 0 Å². The average Bonchev–Trinajstić information content (AvgIpc) is 2.85. The molecule has 0 radical (unpaired) electrons. The van der Waals surface area contributed by atoms with Gasteiger partial charge in [-0.25, -0.2) is 0 Å². The Kier molecular flexibility index (Phi) is 7.54. The minimum absolute atomic E-state index is 0.317. The number of anilines is 2. The second-order valence-electron chi connectivity index (χ2n) is 10.0. The third-order valence-corrected chi connectivity index (χ3v) is 7.45. The molecule has 2 fully saturated rings. The van der Waals surface area contributed by atoms with E-state index in [1.807, 2.05) is 37.4 Å². The Morgan fingerprint density at radius 1 is 0.971 bits per heavy atom. The molecule has 4 rings (SSSR count). The Balaban J connectivity index is 1.28. The van der Waals surface area contributed by atoms with Crippen LogP contribution in [0.3, 0.4) is 0 Å². The van der Waals surface area contributed by atoms with E-state index in [4.69, 9.17) is 5.73 Å². The van der Waals surface area contributed by atoms with E-state index < -0.39 is 0 Å². The summed E-state index contributed by atoms with van der Waals surface area (Å²) in [4.78, 5) is 30.1. The quantitative estimate of drug-likeness (QED) is 0.586. The molecular formula is C27H37N5O2. The monoisotopic (exact) mass is 463 g/mol. The summed E-state index contributed by atoms with van der Waals surface area (Å²) < 4.78 is 0. The number of benzene rings is 2. The predicted octanol–water partition coefficient (Wildman–Crippen LogP) is 2.75. The second-order valence-corrected chi connectivity index (χ2v) is 10.0. The lowest BCUT2D eigenvalue weighted by molar-refractivity contribution is 0.1000. The molecule has 2 aromatic carbocycles. The van der Waals surface area contributed by atoms with Gasteiger partial charge in [-0.05, 0) is 73.3 Å². The van der Waals surface area contributed by atoms with Crippen molar-refractivity contribution in [3.63, 3.8) is 0 Å². The highest BCUT2D eigenvalue weighted by Gasteiger charge is 2.33. The molecule has 0 aromatic heterocycles. The normalized spacial score (nSPS) is 18.6. The lowest BCUT2D eigenvalue weighted by Crippen LogP contribution is -2.51. The lowest BCUT2D eigenvalue weighted by Gasteiger charge is -2.45. The molecule has 0 spiro atoms. The van der Waals surface area contributed by atoms with Crippen LogP contribution < -0.4 is 20.9 Å². The first-order valence-corrected chi connectivity index (χ1v) is 12.3. The van der Waals surface area contributed by atoms with Crippen LogP contribution in [0.5, 0.6) is 0 Å². The molecule has 2 saturated heterocycles. The minimum atomic E-state index is -0.380. The number of rotatable bonds is 8. The third-order valence-electron chi connectivity index (χ3n) is 7.45.